The van der Waals surface area contributed by atoms with Crippen molar-refractivity contribution >= 4 is 39.7 Å². The Hall–Kier alpha value is -2.72. The average Bonchev–Trinajstić information content (AvgIpc) is 2.60. The summed E-state index contributed by atoms with van der Waals surface area (Å²) in [4.78, 5) is 12.2. The Morgan fingerprint density at radius 2 is 1.83 bits per heavy atom. The summed E-state index contributed by atoms with van der Waals surface area (Å²) in [5.41, 5.74) is 1.44. The number of anilines is 2. The van der Waals surface area contributed by atoms with Gasteiger partial charge >= 0.3 is 0 Å². The Kier molecular flexibility index (Phi) is 4.87. The molecule has 5 heteroatoms. The summed E-state index contributed by atoms with van der Waals surface area (Å²) in [6.45, 7) is 0.147. The van der Waals surface area contributed by atoms with Crippen molar-refractivity contribution in [3.05, 3.63) is 65.7 Å². The van der Waals surface area contributed by atoms with Crippen LogP contribution in [0.5, 0.6) is 5.75 Å². The minimum absolute atomic E-state index is 0.147. The Bertz CT molecular complexity index is 880. The topological polar surface area (TPSA) is 50.4 Å². The zero-order valence-electron chi connectivity index (χ0n) is 13.2. The van der Waals surface area contributed by atoms with Crippen LogP contribution in [0.4, 0.5) is 11.4 Å². The highest BCUT2D eigenvalue weighted by Crippen LogP contribution is 2.27. The third-order valence-electron chi connectivity index (χ3n) is 3.64. The molecular weight excluding hydrogens is 324 g/mol. The molecule has 0 heterocycles. The number of fused-ring (bicyclic) bond motifs is 1. The van der Waals surface area contributed by atoms with Crippen LogP contribution < -0.4 is 15.4 Å². The van der Waals surface area contributed by atoms with E-state index < -0.39 is 0 Å². The standard InChI is InChI=1S/C19H17ClN2O2/c1-24-18-9-7-15(20)11-17(18)22-19(23)12-21-16-8-6-13-4-2-3-5-14(13)10-16/h2-11,21H,12H2,1H3,(H,22,23). The summed E-state index contributed by atoms with van der Waals surface area (Å²) >= 11 is 5.96. The number of hydrogen-bond acceptors (Lipinski definition) is 3. The van der Waals surface area contributed by atoms with Crippen LogP contribution in [0.15, 0.2) is 60.7 Å². The summed E-state index contributed by atoms with van der Waals surface area (Å²) < 4.78 is 5.22. The van der Waals surface area contributed by atoms with E-state index in [1.807, 2.05) is 36.4 Å². The molecule has 2 N–H and O–H groups in total. The van der Waals surface area contributed by atoms with Gasteiger partial charge < -0.3 is 15.4 Å². The third-order valence-corrected chi connectivity index (χ3v) is 3.87. The van der Waals surface area contributed by atoms with Crippen LogP contribution in [0, 0.1) is 0 Å². The molecule has 4 nitrogen and oxygen atoms in total. The molecule has 0 aromatic heterocycles. The van der Waals surface area contributed by atoms with Gasteiger partial charge in [0.2, 0.25) is 5.91 Å². The summed E-state index contributed by atoms with van der Waals surface area (Å²) in [6.07, 6.45) is 0. The molecule has 0 aliphatic carbocycles. The quantitative estimate of drug-likeness (QED) is 0.716. The van der Waals surface area contributed by atoms with E-state index in [0.717, 1.165) is 16.5 Å². The highest BCUT2D eigenvalue weighted by molar-refractivity contribution is 6.31. The minimum atomic E-state index is -0.177. The first-order valence-corrected chi connectivity index (χ1v) is 7.89. The van der Waals surface area contributed by atoms with Crippen LogP contribution in [0.1, 0.15) is 0 Å². The van der Waals surface area contributed by atoms with Gasteiger partial charge in [0, 0.05) is 10.7 Å². The molecule has 0 aliphatic rings. The van der Waals surface area contributed by atoms with E-state index in [1.54, 1.807) is 25.3 Å². The fraction of sp³-hybridized carbons (Fsp3) is 0.105. The average molecular weight is 341 g/mol. The molecule has 3 aromatic rings. The predicted molar refractivity (Wildman–Crippen MR) is 99.1 cm³/mol. The Balaban J connectivity index is 1.65. The molecule has 0 aliphatic heterocycles. The fourth-order valence-electron chi connectivity index (χ4n) is 2.45. The van der Waals surface area contributed by atoms with Gasteiger partial charge in [-0.3, -0.25) is 4.79 Å². The van der Waals surface area contributed by atoms with E-state index in [4.69, 9.17) is 16.3 Å². The van der Waals surface area contributed by atoms with E-state index >= 15 is 0 Å². The van der Waals surface area contributed by atoms with Gasteiger partial charge in [-0.25, -0.2) is 0 Å². The molecule has 24 heavy (non-hydrogen) atoms. The van der Waals surface area contributed by atoms with Gasteiger partial charge in [-0.15, -0.1) is 0 Å². The van der Waals surface area contributed by atoms with E-state index in [0.29, 0.717) is 16.5 Å². The lowest BCUT2D eigenvalue weighted by atomic mass is 10.1. The number of amides is 1. The second-order valence-corrected chi connectivity index (χ2v) is 5.74. The normalized spacial score (nSPS) is 10.4. The monoisotopic (exact) mass is 340 g/mol. The number of benzene rings is 3. The Morgan fingerprint density at radius 3 is 2.62 bits per heavy atom. The summed E-state index contributed by atoms with van der Waals surface area (Å²) in [5, 5.41) is 8.75. The molecule has 0 bridgehead atoms. The second-order valence-electron chi connectivity index (χ2n) is 5.31. The number of hydrogen-bond donors (Lipinski definition) is 2. The van der Waals surface area contributed by atoms with Crippen LogP contribution in [0.3, 0.4) is 0 Å². The maximum atomic E-state index is 12.2. The van der Waals surface area contributed by atoms with Crippen molar-refractivity contribution in [3.63, 3.8) is 0 Å². The molecule has 3 rings (SSSR count). The molecule has 122 valence electrons. The van der Waals surface area contributed by atoms with E-state index in [9.17, 15) is 4.79 Å². The Labute approximate surface area is 145 Å². The third kappa shape index (κ3) is 3.78. The zero-order valence-corrected chi connectivity index (χ0v) is 13.9. The van der Waals surface area contributed by atoms with Crippen LogP contribution >= 0.6 is 11.6 Å². The van der Waals surface area contributed by atoms with E-state index in [2.05, 4.69) is 16.7 Å². The van der Waals surface area contributed by atoms with Crippen molar-refractivity contribution in [2.24, 2.45) is 0 Å². The molecule has 0 radical (unpaired) electrons. The van der Waals surface area contributed by atoms with Crippen molar-refractivity contribution in [1.82, 2.24) is 0 Å². The summed E-state index contributed by atoms with van der Waals surface area (Å²) in [6, 6.07) is 19.2. The first kappa shape index (κ1) is 16.1. The number of rotatable bonds is 5. The van der Waals surface area contributed by atoms with E-state index in [-0.39, 0.29) is 12.5 Å². The lowest BCUT2D eigenvalue weighted by molar-refractivity contribution is -0.114. The number of carbonyl (C=O) groups excluding carboxylic acids is 1. The number of carbonyl (C=O) groups is 1. The van der Waals surface area contributed by atoms with Gasteiger partial charge in [0.1, 0.15) is 5.75 Å². The molecule has 1 amide bonds. The number of nitrogens with one attached hydrogen (secondary N) is 2. The maximum absolute atomic E-state index is 12.2. The minimum Gasteiger partial charge on any atom is -0.495 e. The van der Waals surface area contributed by atoms with Crippen molar-refractivity contribution in [2.45, 2.75) is 0 Å². The number of ether oxygens (including phenoxy) is 1. The second kappa shape index (κ2) is 7.23. The summed E-state index contributed by atoms with van der Waals surface area (Å²) in [5.74, 6) is 0.391. The molecule has 3 aromatic carbocycles. The maximum Gasteiger partial charge on any atom is 0.243 e. The smallest absolute Gasteiger partial charge is 0.243 e. The molecule has 0 fully saturated rings. The lowest BCUT2D eigenvalue weighted by Crippen LogP contribution is -2.22. The van der Waals surface area contributed by atoms with Crippen molar-refractivity contribution in [1.29, 1.82) is 0 Å². The zero-order chi connectivity index (χ0) is 16.9. The highest BCUT2D eigenvalue weighted by Gasteiger charge is 2.08. The van der Waals surface area contributed by atoms with Gasteiger partial charge in [-0.05, 0) is 41.1 Å². The summed E-state index contributed by atoms with van der Waals surface area (Å²) in [7, 11) is 1.55. The molecule has 0 saturated carbocycles. The highest BCUT2D eigenvalue weighted by atomic mass is 35.5. The molecule has 0 spiro atoms. The lowest BCUT2D eigenvalue weighted by Gasteiger charge is -2.12. The fourth-order valence-corrected chi connectivity index (χ4v) is 2.63. The van der Waals surface area contributed by atoms with Gasteiger partial charge in [-0.2, -0.15) is 0 Å². The van der Waals surface area contributed by atoms with Crippen LogP contribution in [0.2, 0.25) is 5.02 Å². The molecule has 0 unspecified atom stereocenters. The van der Waals surface area contributed by atoms with E-state index in [1.165, 1.54) is 0 Å². The first-order chi connectivity index (χ1) is 11.7. The van der Waals surface area contributed by atoms with Crippen molar-refractivity contribution in [2.75, 3.05) is 24.3 Å². The Morgan fingerprint density at radius 1 is 1.04 bits per heavy atom. The van der Waals surface area contributed by atoms with Crippen molar-refractivity contribution < 1.29 is 9.53 Å². The molecule has 0 atom stereocenters. The van der Waals surface area contributed by atoms with Gasteiger partial charge in [-0.1, -0.05) is 41.9 Å². The predicted octanol–water partition coefficient (Wildman–Crippen LogP) is 4.55. The van der Waals surface area contributed by atoms with Crippen molar-refractivity contribution in [3.8, 4) is 5.75 Å². The molecular formula is C19H17ClN2O2. The number of methoxy groups -OCH3 is 1. The largest absolute Gasteiger partial charge is 0.495 e. The van der Waals surface area contributed by atoms with Gasteiger partial charge in [0.05, 0.1) is 19.3 Å². The number of halogens is 1. The van der Waals surface area contributed by atoms with Crippen LogP contribution in [-0.2, 0) is 4.79 Å². The van der Waals surface area contributed by atoms with Crippen LogP contribution in [0.25, 0.3) is 10.8 Å². The SMILES string of the molecule is COc1ccc(Cl)cc1NC(=O)CNc1ccc2ccccc2c1. The van der Waals surface area contributed by atoms with Gasteiger partial charge in [0.15, 0.2) is 0 Å². The first-order valence-electron chi connectivity index (χ1n) is 7.52. The molecule has 0 saturated heterocycles. The van der Waals surface area contributed by atoms with Crippen LogP contribution in [-0.4, -0.2) is 19.6 Å². The van der Waals surface area contributed by atoms with Gasteiger partial charge in [0.25, 0.3) is 0 Å².